The van der Waals surface area contributed by atoms with Crippen LogP contribution in [0.4, 0.5) is 0 Å². The Hall–Kier alpha value is -0.700. The fourth-order valence-electron chi connectivity index (χ4n) is 3.41. The van der Waals surface area contributed by atoms with Gasteiger partial charge in [-0.3, -0.25) is 0 Å². The van der Waals surface area contributed by atoms with Crippen molar-refractivity contribution in [3.63, 3.8) is 0 Å². The molecule has 1 aromatic rings. The molecule has 1 aromatic heterocycles. The number of nitrogens with one attached hydrogen (secondary N) is 1. The van der Waals surface area contributed by atoms with E-state index < -0.39 is 0 Å². The van der Waals surface area contributed by atoms with E-state index in [1.54, 1.807) is 0 Å². The topological polar surface area (TPSA) is 19.7 Å². The monoisotopic (exact) mass is 393 g/mol. The molecule has 0 spiro atoms. The summed E-state index contributed by atoms with van der Waals surface area (Å²) in [5.41, 5.74) is 0. The minimum atomic E-state index is 1.24. The number of allylic oxidation sites excluding steroid dienone is 2. The molecule has 0 bridgehead atoms. The summed E-state index contributed by atoms with van der Waals surface area (Å²) >= 11 is 1.94. The van der Waals surface area contributed by atoms with Gasteiger partial charge in [-0.25, -0.2) is 9.55 Å². The summed E-state index contributed by atoms with van der Waals surface area (Å²) in [6.45, 7) is 2.29. The van der Waals surface area contributed by atoms with E-state index in [4.69, 9.17) is 0 Å². The van der Waals surface area contributed by atoms with Crippen LogP contribution >= 0.6 is 11.8 Å². The standard InChI is InChI=1S/C24H44N2S/c1-3-4-5-6-7-8-9-10-11-12-13-14-15-16-17-18-19-20-23-27-24-25-21-22-26(24)2/h10-11,21-22H,3-9,12-20,23H2,1-2H3/p+1/b11-10-. The lowest BCUT2D eigenvalue weighted by molar-refractivity contribution is -0.708. The molecule has 0 amide bonds. The van der Waals surface area contributed by atoms with Crippen molar-refractivity contribution in [2.45, 2.75) is 115 Å². The van der Waals surface area contributed by atoms with E-state index >= 15 is 0 Å². The fraction of sp³-hybridized carbons (Fsp3) is 0.792. The highest BCUT2D eigenvalue weighted by Crippen LogP contribution is 2.15. The van der Waals surface area contributed by atoms with Gasteiger partial charge in [0.25, 0.3) is 0 Å². The van der Waals surface area contributed by atoms with E-state index in [1.165, 1.54) is 114 Å². The highest BCUT2D eigenvalue weighted by molar-refractivity contribution is 7.99. The van der Waals surface area contributed by atoms with E-state index in [9.17, 15) is 0 Å². The average molecular weight is 394 g/mol. The molecule has 0 atom stereocenters. The van der Waals surface area contributed by atoms with Gasteiger partial charge >= 0.3 is 5.16 Å². The molecule has 0 fully saturated rings. The van der Waals surface area contributed by atoms with Crippen LogP contribution in [-0.4, -0.2) is 10.7 Å². The van der Waals surface area contributed by atoms with Crippen LogP contribution in [0.2, 0.25) is 0 Å². The quantitative estimate of drug-likeness (QED) is 0.110. The maximum Gasteiger partial charge on any atom is 0.315 e. The van der Waals surface area contributed by atoms with Gasteiger partial charge in [0.2, 0.25) is 0 Å². The molecule has 2 nitrogen and oxygen atoms in total. The Kier molecular flexibility index (Phi) is 16.8. The van der Waals surface area contributed by atoms with Crippen molar-refractivity contribution in [2.24, 2.45) is 7.05 Å². The van der Waals surface area contributed by atoms with Crippen molar-refractivity contribution in [3.8, 4) is 0 Å². The molecular weight excluding hydrogens is 348 g/mol. The fourth-order valence-corrected chi connectivity index (χ4v) is 4.36. The number of H-pyrrole nitrogens is 1. The van der Waals surface area contributed by atoms with Crippen molar-refractivity contribution in [1.82, 2.24) is 4.98 Å². The smallest absolute Gasteiger partial charge is 0.238 e. The molecule has 156 valence electrons. The zero-order valence-corrected chi connectivity index (χ0v) is 19.0. The summed E-state index contributed by atoms with van der Waals surface area (Å²) in [5, 5.41) is 1.27. The van der Waals surface area contributed by atoms with Crippen LogP contribution in [0.15, 0.2) is 29.7 Å². The predicted octanol–water partition coefficient (Wildman–Crippen LogP) is 7.75. The van der Waals surface area contributed by atoms with Gasteiger partial charge in [0.1, 0.15) is 12.4 Å². The molecule has 0 unspecified atom stereocenters. The van der Waals surface area contributed by atoms with Crippen LogP contribution in [0.5, 0.6) is 0 Å². The molecule has 1 rings (SSSR count). The molecule has 1 N–H and O–H groups in total. The van der Waals surface area contributed by atoms with Crippen molar-refractivity contribution >= 4 is 11.8 Å². The molecule has 3 heteroatoms. The first-order chi connectivity index (χ1) is 13.3. The first-order valence-corrected chi connectivity index (χ1v) is 12.6. The first-order valence-electron chi connectivity index (χ1n) is 11.7. The third kappa shape index (κ3) is 15.0. The van der Waals surface area contributed by atoms with Crippen molar-refractivity contribution < 1.29 is 4.57 Å². The van der Waals surface area contributed by atoms with Gasteiger partial charge in [0, 0.05) is 5.75 Å². The number of aromatic amines is 1. The van der Waals surface area contributed by atoms with Crippen molar-refractivity contribution in [1.29, 1.82) is 0 Å². The molecule has 0 radical (unpaired) electrons. The van der Waals surface area contributed by atoms with Crippen LogP contribution in [0.25, 0.3) is 0 Å². The lowest BCUT2D eigenvalue weighted by Gasteiger charge is -2.01. The summed E-state index contributed by atoms with van der Waals surface area (Å²) in [4.78, 5) is 3.29. The van der Waals surface area contributed by atoms with Crippen LogP contribution in [0, 0.1) is 0 Å². The second kappa shape index (κ2) is 18.7. The summed E-state index contributed by atoms with van der Waals surface area (Å²) in [6.07, 6.45) is 31.2. The van der Waals surface area contributed by atoms with Gasteiger partial charge < -0.3 is 0 Å². The molecule has 0 aliphatic carbocycles. The summed E-state index contributed by atoms with van der Waals surface area (Å²) in [6, 6.07) is 0. The normalized spacial score (nSPS) is 11.6. The molecular formula is C24H45N2S+. The molecule has 27 heavy (non-hydrogen) atoms. The number of unbranched alkanes of at least 4 members (excludes halogenated alkanes) is 14. The Balaban J connectivity index is 1.73. The molecule has 0 aliphatic rings. The Morgan fingerprint density at radius 2 is 1.30 bits per heavy atom. The third-order valence-electron chi connectivity index (χ3n) is 5.22. The summed E-state index contributed by atoms with van der Waals surface area (Å²) in [7, 11) is 2.10. The van der Waals surface area contributed by atoms with E-state index in [1.807, 2.05) is 18.0 Å². The van der Waals surface area contributed by atoms with Gasteiger partial charge in [-0.15, -0.1) is 0 Å². The largest absolute Gasteiger partial charge is 0.315 e. The SMILES string of the molecule is CCCCCCCC/C=C\CCCCCCCCCCSc1[nH]cc[n+]1C. The van der Waals surface area contributed by atoms with E-state index in [2.05, 4.69) is 41.9 Å². The number of hydrogen-bond donors (Lipinski definition) is 1. The van der Waals surface area contributed by atoms with Gasteiger partial charge in [-0.1, -0.05) is 89.7 Å². The lowest BCUT2D eigenvalue weighted by atomic mass is 10.1. The van der Waals surface area contributed by atoms with Crippen LogP contribution < -0.4 is 4.57 Å². The highest BCUT2D eigenvalue weighted by atomic mass is 32.2. The minimum Gasteiger partial charge on any atom is -0.238 e. The summed E-state index contributed by atoms with van der Waals surface area (Å²) < 4.78 is 2.16. The van der Waals surface area contributed by atoms with Crippen LogP contribution in [-0.2, 0) is 7.05 Å². The van der Waals surface area contributed by atoms with Crippen molar-refractivity contribution in [2.75, 3.05) is 5.75 Å². The van der Waals surface area contributed by atoms with Gasteiger partial charge in [0.15, 0.2) is 0 Å². The summed E-state index contributed by atoms with van der Waals surface area (Å²) in [5.74, 6) is 1.24. The number of nitrogens with zero attached hydrogens (tertiary/aromatic N) is 1. The second-order valence-corrected chi connectivity index (χ2v) is 8.95. The van der Waals surface area contributed by atoms with Gasteiger partial charge in [0.05, 0.1) is 7.05 Å². The third-order valence-corrected chi connectivity index (χ3v) is 6.39. The van der Waals surface area contributed by atoms with E-state index in [0.29, 0.717) is 0 Å². The Labute approximate surface area is 173 Å². The number of rotatable bonds is 19. The first kappa shape index (κ1) is 24.3. The molecule has 0 saturated carbocycles. The minimum absolute atomic E-state index is 1.24. The van der Waals surface area contributed by atoms with E-state index in [-0.39, 0.29) is 0 Å². The molecule has 1 heterocycles. The Bertz CT molecular complexity index is 453. The number of imidazole rings is 1. The molecule has 0 saturated heterocycles. The Morgan fingerprint density at radius 1 is 0.778 bits per heavy atom. The number of aromatic nitrogens is 2. The number of thioether (sulfide) groups is 1. The van der Waals surface area contributed by atoms with Gasteiger partial charge in [-0.2, -0.15) is 0 Å². The molecule has 0 aromatic carbocycles. The van der Waals surface area contributed by atoms with Crippen LogP contribution in [0.1, 0.15) is 110 Å². The highest BCUT2D eigenvalue weighted by Gasteiger charge is 2.05. The lowest BCUT2D eigenvalue weighted by Crippen LogP contribution is -2.27. The van der Waals surface area contributed by atoms with E-state index in [0.717, 1.165) is 0 Å². The van der Waals surface area contributed by atoms with Gasteiger partial charge in [-0.05, 0) is 43.9 Å². The zero-order chi connectivity index (χ0) is 19.4. The zero-order valence-electron chi connectivity index (χ0n) is 18.2. The maximum absolute atomic E-state index is 3.29. The maximum atomic E-state index is 3.29. The van der Waals surface area contributed by atoms with Crippen molar-refractivity contribution in [3.05, 3.63) is 24.5 Å². The van der Waals surface area contributed by atoms with Crippen LogP contribution in [0.3, 0.4) is 0 Å². The number of hydrogen-bond acceptors (Lipinski definition) is 1. The average Bonchev–Trinajstić information content (AvgIpc) is 3.08. The predicted molar refractivity (Wildman–Crippen MR) is 121 cm³/mol. The Morgan fingerprint density at radius 3 is 1.81 bits per heavy atom. The number of aryl methyl sites for hydroxylation is 1. The molecule has 0 aliphatic heterocycles. The second-order valence-electron chi connectivity index (χ2n) is 7.87.